The van der Waals surface area contributed by atoms with Crippen LogP contribution in [0.15, 0.2) is 42.7 Å². The third-order valence-electron chi connectivity index (χ3n) is 1.89. The normalized spacial score (nSPS) is 9.93. The van der Waals surface area contributed by atoms with Crippen LogP contribution in [-0.4, -0.2) is 15.7 Å². The van der Waals surface area contributed by atoms with E-state index in [0.29, 0.717) is 11.3 Å². The van der Waals surface area contributed by atoms with Crippen LogP contribution in [0.1, 0.15) is 10.4 Å². The Kier molecular flexibility index (Phi) is 2.49. The van der Waals surface area contributed by atoms with Crippen molar-refractivity contribution in [2.45, 2.75) is 0 Å². The highest BCUT2D eigenvalue weighted by Gasteiger charge is 2.09. The van der Waals surface area contributed by atoms with Crippen LogP contribution in [-0.2, 0) is 7.05 Å². The lowest BCUT2D eigenvalue weighted by atomic mass is 10.3. The van der Waals surface area contributed by atoms with E-state index >= 15 is 0 Å². The van der Waals surface area contributed by atoms with Gasteiger partial charge in [0.1, 0.15) is 5.75 Å². The molecule has 2 aromatic rings. The van der Waals surface area contributed by atoms with Gasteiger partial charge in [0.05, 0.1) is 11.8 Å². The molecule has 0 saturated carbocycles. The standard InChI is InChI=1S/C11H10N2O2/c1-13-8-9(7-12-13)11(14)15-10-5-3-2-4-6-10/h2-8H,1H3. The van der Waals surface area contributed by atoms with E-state index in [1.807, 2.05) is 18.2 Å². The van der Waals surface area contributed by atoms with Gasteiger partial charge in [-0.05, 0) is 12.1 Å². The molecule has 2 rings (SSSR count). The van der Waals surface area contributed by atoms with Crippen LogP contribution in [0.25, 0.3) is 0 Å². The SMILES string of the molecule is Cn1cc(C(=O)Oc2ccccc2)cn1. The van der Waals surface area contributed by atoms with Gasteiger partial charge in [-0.15, -0.1) is 0 Å². The van der Waals surface area contributed by atoms with Crippen molar-refractivity contribution >= 4 is 5.97 Å². The summed E-state index contributed by atoms with van der Waals surface area (Å²) in [6, 6.07) is 8.95. The lowest BCUT2D eigenvalue weighted by Gasteiger charge is -2.00. The quantitative estimate of drug-likeness (QED) is 0.549. The van der Waals surface area contributed by atoms with Crippen LogP contribution in [0.5, 0.6) is 5.75 Å². The second-order valence-corrected chi connectivity index (χ2v) is 3.11. The third-order valence-corrected chi connectivity index (χ3v) is 1.89. The molecule has 1 aromatic heterocycles. The number of esters is 1. The Morgan fingerprint density at radius 1 is 1.33 bits per heavy atom. The van der Waals surface area contributed by atoms with Gasteiger partial charge in [-0.3, -0.25) is 4.68 Å². The molecule has 0 aliphatic carbocycles. The average Bonchev–Trinajstić information content (AvgIpc) is 2.66. The number of carbonyl (C=O) groups is 1. The van der Waals surface area contributed by atoms with E-state index in [9.17, 15) is 4.79 Å². The minimum absolute atomic E-state index is 0.394. The molecule has 15 heavy (non-hydrogen) atoms. The predicted octanol–water partition coefficient (Wildman–Crippen LogP) is 1.64. The smallest absolute Gasteiger partial charge is 0.346 e. The number of nitrogens with zero attached hydrogens (tertiary/aromatic N) is 2. The molecular weight excluding hydrogens is 192 g/mol. The Morgan fingerprint density at radius 2 is 2.07 bits per heavy atom. The number of aromatic nitrogens is 2. The molecule has 0 N–H and O–H groups in total. The van der Waals surface area contributed by atoms with E-state index in [4.69, 9.17) is 4.74 Å². The van der Waals surface area contributed by atoms with Crippen LogP contribution < -0.4 is 4.74 Å². The minimum Gasteiger partial charge on any atom is -0.423 e. The maximum atomic E-state index is 11.6. The second-order valence-electron chi connectivity index (χ2n) is 3.11. The molecule has 1 heterocycles. The highest BCUT2D eigenvalue weighted by atomic mass is 16.5. The Bertz CT molecular complexity index is 462. The molecule has 0 amide bonds. The molecule has 0 radical (unpaired) electrons. The highest BCUT2D eigenvalue weighted by molar-refractivity contribution is 5.90. The first-order valence-electron chi connectivity index (χ1n) is 4.51. The number of para-hydroxylation sites is 1. The zero-order valence-corrected chi connectivity index (χ0v) is 8.25. The minimum atomic E-state index is -0.394. The molecule has 0 unspecified atom stereocenters. The molecular formula is C11H10N2O2. The molecule has 0 aliphatic heterocycles. The van der Waals surface area contributed by atoms with Crippen LogP contribution in [0.2, 0.25) is 0 Å². The van der Waals surface area contributed by atoms with Gasteiger partial charge in [-0.25, -0.2) is 4.79 Å². The number of hydrogen-bond acceptors (Lipinski definition) is 3. The first-order chi connectivity index (χ1) is 7.25. The van der Waals surface area contributed by atoms with E-state index < -0.39 is 5.97 Å². The Balaban J connectivity index is 2.11. The van der Waals surface area contributed by atoms with Crippen molar-refractivity contribution in [1.82, 2.24) is 9.78 Å². The molecule has 0 fully saturated rings. The molecule has 4 nitrogen and oxygen atoms in total. The summed E-state index contributed by atoms with van der Waals surface area (Å²) in [7, 11) is 1.75. The van der Waals surface area contributed by atoms with E-state index in [1.54, 1.807) is 30.1 Å². The summed E-state index contributed by atoms with van der Waals surface area (Å²) in [6.07, 6.45) is 3.09. The van der Waals surface area contributed by atoms with E-state index in [-0.39, 0.29) is 0 Å². The van der Waals surface area contributed by atoms with Gasteiger partial charge >= 0.3 is 5.97 Å². The summed E-state index contributed by atoms with van der Waals surface area (Å²) in [5.74, 6) is 0.139. The van der Waals surface area contributed by atoms with Crippen LogP contribution in [0, 0.1) is 0 Å². The fraction of sp³-hybridized carbons (Fsp3) is 0.0909. The van der Waals surface area contributed by atoms with Crippen molar-refractivity contribution in [3.05, 3.63) is 48.3 Å². The molecule has 0 atom stereocenters. The summed E-state index contributed by atoms with van der Waals surface area (Å²) >= 11 is 0. The van der Waals surface area contributed by atoms with Gasteiger partial charge < -0.3 is 4.74 Å². The monoisotopic (exact) mass is 202 g/mol. The predicted molar refractivity (Wildman–Crippen MR) is 54.6 cm³/mol. The van der Waals surface area contributed by atoms with Gasteiger partial charge in [0.25, 0.3) is 0 Å². The molecule has 0 aliphatic rings. The van der Waals surface area contributed by atoms with Crippen molar-refractivity contribution in [2.24, 2.45) is 7.05 Å². The summed E-state index contributed by atoms with van der Waals surface area (Å²) in [4.78, 5) is 11.6. The van der Waals surface area contributed by atoms with E-state index in [0.717, 1.165) is 0 Å². The molecule has 4 heteroatoms. The van der Waals surface area contributed by atoms with Crippen molar-refractivity contribution in [1.29, 1.82) is 0 Å². The summed E-state index contributed by atoms with van der Waals surface area (Å²) in [5, 5.41) is 3.90. The first kappa shape index (κ1) is 9.45. The maximum absolute atomic E-state index is 11.6. The third kappa shape index (κ3) is 2.22. The zero-order valence-electron chi connectivity index (χ0n) is 8.25. The van der Waals surface area contributed by atoms with Crippen LogP contribution in [0.4, 0.5) is 0 Å². The van der Waals surface area contributed by atoms with Gasteiger partial charge in [0, 0.05) is 13.2 Å². The fourth-order valence-corrected chi connectivity index (χ4v) is 1.18. The maximum Gasteiger partial charge on any atom is 0.346 e. The van der Waals surface area contributed by atoms with Gasteiger partial charge in [0.2, 0.25) is 0 Å². The fourth-order valence-electron chi connectivity index (χ4n) is 1.18. The number of rotatable bonds is 2. The van der Waals surface area contributed by atoms with Crippen molar-refractivity contribution in [3.63, 3.8) is 0 Å². The Hall–Kier alpha value is -2.10. The van der Waals surface area contributed by atoms with Crippen LogP contribution >= 0.6 is 0 Å². The van der Waals surface area contributed by atoms with Crippen molar-refractivity contribution in [2.75, 3.05) is 0 Å². The number of benzene rings is 1. The van der Waals surface area contributed by atoms with Gasteiger partial charge in [-0.2, -0.15) is 5.10 Å². The molecule has 76 valence electrons. The summed E-state index contributed by atoms with van der Waals surface area (Å²) in [6.45, 7) is 0. The lowest BCUT2D eigenvalue weighted by Crippen LogP contribution is -2.07. The first-order valence-corrected chi connectivity index (χ1v) is 4.51. The molecule has 0 bridgehead atoms. The lowest BCUT2D eigenvalue weighted by molar-refractivity contribution is 0.0734. The van der Waals surface area contributed by atoms with Gasteiger partial charge in [-0.1, -0.05) is 18.2 Å². The van der Waals surface area contributed by atoms with Crippen molar-refractivity contribution < 1.29 is 9.53 Å². The topological polar surface area (TPSA) is 44.1 Å². The van der Waals surface area contributed by atoms with E-state index in [1.165, 1.54) is 6.20 Å². The number of hydrogen-bond donors (Lipinski definition) is 0. The summed E-state index contributed by atoms with van der Waals surface area (Å²) < 4.78 is 6.68. The summed E-state index contributed by atoms with van der Waals surface area (Å²) in [5.41, 5.74) is 0.446. The highest BCUT2D eigenvalue weighted by Crippen LogP contribution is 2.10. The number of carbonyl (C=O) groups excluding carboxylic acids is 1. The molecule has 1 aromatic carbocycles. The Labute approximate surface area is 87.1 Å². The number of aryl methyl sites for hydroxylation is 1. The van der Waals surface area contributed by atoms with Gasteiger partial charge in [0.15, 0.2) is 0 Å². The zero-order chi connectivity index (χ0) is 10.7. The van der Waals surface area contributed by atoms with E-state index in [2.05, 4.69) is 5.10 Å². The van der Waals surface area contributed by atoms with Crippen molar-refractivity contribution in [3.8, 4) is 5.75 Å². The largest absolute Gasteiger partial charge is 0.423 e. The number of ether oxygens (including phenoxy) is 1. The second kappa shape index (κ2) is 3.96. The molecule has 0 spiro atoms. The average molecular weight is 202 g/mol. The van der Waals surface area contributed by atoms with Crippen LogP contribution in [0.3, 0.4) is 0 Å². The molecule has 0 saturated heterocycles. The Morgan fingerprint density at radius 3 is 2.67 bits per heavy atom.